The maximum Gasteiger partial charge on any atom is 0.219 e. The van der Waals surface area contributed by atoms with Crippen molar-refractivity contribution in [3.63, 3.8) is 0 Å². The van der Waals surface area contributed by atoms with Gasteiger partial charge in [-0.1, -0.05) is 13.8 Å². The molecule has 60 valence electrons. The Kier molecular flexibility index (Phi) is 4.94. The summed E-state index contributed by atoms with van der Waals surface area (Å²) in [6.45, 7) is 4.04. The van der Waals surface area contributed by atoms with Crippen LogP contribution in [0.3, 0.4) is 0 Å². The van der Waals surface area contributed by atoms with Crippen LogP contribution in [0.1, 0.15) is 26.7 Å². The Morgan fingerprint density at radius 1 is 1.60 bits per heavy atom. The van der Waals surface area contributed by atoms with E-state index in [2.05, 4.69) is 5.32 Å². The van der Waals surface area contributed by atoms with E-state index in [0.29, 0.717) is 19.4 Å². The molecule has 0 aliphatic heterocycles. The predicted octanol–water partition coefficient (Wildman–Crippen LogP) is 0.283. The number of hydrogen-bond donors (Lipinski definition) is 2. The number of rotatable bonds is 4. The molecule has 0 bridgehead atoms. The lowest BCUT2D eigenvalue weighted by Gasteiger charge is -2.07. The highest BCUT2D eigenvalue weighted by molar-refractivity contribution is 5.75. The van der Waals surface area contributed by atoms with Crippen LogP contribution in [0.15, 0.2) is 0 Å². The van der Waals surface area contributed by atoms with Crippen molar-refractivity contribution in [3.05, 3.63) is 0 Å². The first kappa shape index (κ1) is 9.43. The highest BCUT2D eigenvalue weighted by atomic mass is 16.3. The van der Waals surface area contributed by atoms with Gasteiger partial charge in [-0.25, -0.2) is 0 Å². The minimum atomic E-state index is -0.393. The van der Waals surface area contributed by atoms with E-state index in [1.54, 1.807) is 6.92 Å². The third-order valence-corrected chi connectivity index (χ3v) is 1.33. The molecule has 10 heavy (non-hydrogen) atoms. The number of carbonyl (C=O) groups excluding carboxylic acids is 1. The Balaban J connectivity index is 3.26. The van der Waals surface area contributed by atoms with Crippen LogP contribution in [0.4, 0.5) is 0 Å². The van der Waals surface area contributed by atoms with Gasteiger partial charge in [0.2, 0.25) is 5.91 Å². The highest BCUT2D eigenvalue weighted by Gasteiger charge is 2.01. The topological polar surface area (TPSA) is 49.3 Å². The third-order valence-electron chi connectivity index (χ3n) is 1.33. The summed E-state index contributed by atoms with van der Waals surface area (Å²) >= 11 is 0. The summed E-state index contributed by atoms with van der Waals surface area (Å²) in [4.78, 5) is 10.6. The van der Waals surface area contributed by atoms with E-state index in [-0.39, 0.29) is 5.91 Å². The second kappa shape index (κ2) is 5.23. The number of aliphatic hydroxyl groups excluding tert-OH is 1. The van der Waals surface area contributed by atoms with Gasteiger partial charge >= 0.3 is 0 Å². The van der Waals surface area contributed by atoms with Crippen LogP contribution in [0.5, 0.6) is 0 Å². The van der Waals surface area contributed by atoms with Gasteiger partial charge in [0, 0.05) is 13.0 Å². The minimum absolute atomic E-state index is 0.00694. The van der Waals surface area contributed by atoms with Crippen molar-refractivity contribution in [3.8, 4) is 0 Å². The van der Waals surface area contributed by atoms with Crippen LogP contribution in [-0.2, 0) is 4.79 Å². The summed E-state index contributed by atoms with van der Waals surface area (Å²) in [6.07, 6.45) is 0.774. The quantitative estimate of drug-likeness (QED) is 0.597. The molecule has 0 aliphatic carbocycles. The molecule has 0 aliphatic rings. The molecule has 0 spiro atoms. The number of nitrogens with one attached hydrogen (secondary N) is 1. The first-order chi connectivity index (χ1) is 4.70. The minimum Gasteiger partial charge on any atom is -0.391 e. The summed E-state index contributed by atoms with van der Waals surface area (Å²) in [6, 6.07) is 0. The first-order valence-corrected chi connectivity index (χ1v) is 3.65. The number of aliphatic hydroxyl groups is 1. The lowest BCUT2D eigenvalue weighted by molar-refractivity contribution is -0.121. The van der Waals surface area contributed by atoms with Crippen molar-refractivity contribution in [2.24, 2.45) is 0 Å². The van der Waals surface area contributed by atoms with E-state index >= 15 is 0 Å². The molecule has 0 aromatic heterocycles. The van der Waals surface area contributed by atoms with Crippen molar-refractivity contribution in [1.82, 2.24) is 5.32 Å². The van der Waals surface area contributed by atoms with Crippen molar-refractivity contribution in [2.45, 2.75) is 32.8 Å². The molecular formula is C7H15NO2. The van der Waals surface area contributed by atoms with E-state index in [4.69, 9.17) is 5.11 Å². The standard InChI is InChI=1S/C7H15NO2/c1-3-6(9)5-8-7(10)4-2/h6,9H,3-5H2,1-2H3,(H,8,10). The zero-order valence-corrected chi connectivity index (χ0v) is 6.55. The van der Waals surface area contributed by atoms with E-state index in [1.807, 2.05) is 6.92 Å². The van der Waals surface area contributed by atoms with Crippen LogP contribution >= 0.6 is 0 Å². The predicted molar refractivity (Wildman–Crippen MR) is 39.6 cm³/mol. The molecule has 0 fully saturated rings. The van der Waals surface area contributed by atoms with Gasteiger partial charge in [-0.05, 0) is 6.42 Å². The molecule has 0 radical (unpaired) electrons. The second-order valence-corrected chi connectivity index (χ2v) is 2.22. The Morgan fingerprint density at radius 2 is 2.20 bits per heavy atom. The lowest BCUT2D eigenvalue weighted by Crippen LogP contribution is -2.30. The normalized spacial score (nSPS) is 12.7. The highest BCUT2D eigenvalue weighted by Crippen LogP contribution is 1.86. The molecule has 3 heteroatoms. The van der Waals surface area contributed by atoms with Crippen LogP contribution < -0.4 is 5.32 Å². The Morgan fingerprint density at radius 3 is 2.60 bits per heavy atom. The molecule has 0 heterocycles. The van der Waals surface area contributed by atoms with Gasteiger partial charge in [0.05, 0.1) is 6.10 Å². The van der Waals surface area contributed by atoms with Gasteiger partial charge < -0.3 is 10.4 Å². The van der Waals surface area contributed by atoms with Crippen molar-refractivity contribution in [2.75, 3.05) is 6.54 Å². The summed E-state index contributed by atoms with van der Waals surface area (Å²) < 4.78 is 0. The Bertz CT molecular complexity index is 104. The fraction of sp³-hybridized carbons (Fsp3) is 0.857. The molecule has 2 N–H and O–H groups in total. The van der Waals surface area contributed by atoms with Gasteiger partial charge in [0.15, 0.2) is 0 Å². The maximum absolute atomic E-state index is 10.6. The molecule has 3 nitrogen and oxygen atoms in total. The van der Waals surface area contributed by atoms with E-state index in [0.717, 1.165) is 0 Å². The lowest BCUT2D eigenvalue weighted by atomic mass is 10.3. The Labute approximate surface area is 61.4 Å². The average Bonchev–Trinajstić information content (AvgIpc) is 1.99. The molecule has 0 rings (SSSR count). The summed E-state index contributed by atoms with van der Waals surface area (Å²) in [5.41, 5.74) is 0. The summed E-state index contributed by atoms with van der Waals surface area (Å²) in [5.74, 6) is -0.00694. The van der Waals surface area contributed by atoms with Crippen molar-refractivity contribution in [1.29, 1.82) is 0 Å². The molecule has 1 atom stereocenters. The van der Waals surface area contributed by atoms with Crippen LogP contribution in [0.25, 0.3) is 0 Å². The molecular weight excluding hydrogens is 130 g/mol. The third kappa shape index (κ3) is 4.32. The number of hydrogen-bond acceptors (Lipinski definition) is 2. The Hall–Kier alpha value is -0.570. The van der Waals surface area contributed by atoms with Gasteiger partial charge in [0.1, 0.15) is 0 Å². The summed E-state index contributed by atoms with van der Waals surface area (Å²) in [7, 11) is 0. The zero-order valence-electron chi connectivity index (χ0n) is 6.55. The molecule has 0 aromatic rings. The molecule has 0 saturated heterocycles. The van der Waals surface area contributed by atoms with Crippen LogP contribution in [0, 0.1) is 0 Å². The van der Waals surface area contributed by atoms with Gasteiger partial charge in [-0.15, -0.1) is 0 Å². The molecule has 0 aromatic carbocycles. The fourth-order valence-electron chi connectivity index (χ4n) is 0.501. The average molecular weight is 145 g/mol. The van der Waals surface area contributed by atoms with Crippen LogP contribution in [-0.4, -0.2) is 23.7 Å². The number of amides is 1. The van der Waals surface area contributed by atoms with Crippen LogP contribution in [0.2, 0.25) is 0 Å². The zero-order chi connectivity index (χ0) is 7.98. The molecule has 0 saturated carbocycles. The summed E-state index contributed by atoms with van der Waals surface area (Å²) in [5, 5.41) is 11.6. The van der Waals surface area contributed by atoms with E-state index in [9.17, 15) is 4.79 Å². The smallest absolute Gasteiger partial charge is 0.219 e. The largest absolute Gasteiger partial charge is 0.391 e. The van der Waals surface area contributed by atoms with E-state index < -0.39 is 6.10 Å². The van der Waals surface area contributed by atoms with Gasteiger partial charge in [-0.2, -0.15) is 0 Å². The maximum atomic E-state index is 10.6. The van der Waals surface area contributed by atoms with E-state index in [1.165, 1.54) is 0 Å². The monoisotopic (exact) mass is 145 g/mol. The first-order valence-electron chi connectivity index (χ1n) is 3.65. The number of carbonyl (C=O) groups is 1. The van der Waals surface area contributed by atoms with Gasteiger partial charge in [0.25, 0.3) is 0 Å². The second-order valence-electron chi connectivity index (χ2n) is 2.22. The van der Waals surface area contributed by atoms with Crippen molar-refractivity contribution < 1.29 is 9.90 Å². The molecule has 1 amide bonds. The SMILES string of the molecule is CCC(=O)NCC(O)CC. The van der Waals surface area contributed by atoms with Gasteiger partial charge in [-0.3, -0.25) is 4.79 Å². The molecule has 1 unspecified atom stereocenters. The fourth-order valence-corrected chi connectivity index (χ4v) is 0.501. The van der Waals surface area contributed by atoms with Crippen molar-refractivity contribution >= 4 is 5.91 Å².